The molecule has 0 amide bonds. The number of fused-ring (bicyclic) bond motifs is 1. The normalized spacial score (nSPS) is 10.7. The van der Waals surface area contributed by atoms with Gasteiger partial charge in [0.05, 0.1) is 7.11 Å². The Morgan fingerprint density at radius 3 is 2.67 bits per heavy atom. The van der Waals surface area contributed by atoms with Gasteiger partial charge in [0.2, 0.25) is 0 Å². The number of methoxy groups -OCH3 is 1. The van der Waals surface area contributed by atoms with Crippen molar-refractivity contribution in [1.29, 1.82) is 0 Å². The molecule has 0 aliphatic heterocycles. The SMILES string of the molecule is COc1ccc(Cc2nc3cccc(C(=O)O)n3n2)cc1. The van der Waals surface area contributed by atoms with E-state index in [1.54, 1.807) is 19.2 Å². The predicted molar refractivity (Wildman–Crippen MR) is 75.7 cm³/mol. The Balaban J connectivity index is 1.93. The molecule has 0 saturated carbocycles. The number of rotatable bonds is 4. The first-order valence-corrected chi connectivity index (χ1v) is 6.38. The zero-order chi connectivity index (χ0) is 14.8. The molecule has 3 rings (SSSR count). The van der Waals surface area contributed by atoms with Crippen molar-refractivity contribution < 1.29 is 14.6 Å². The van der Waals surface area contributed by atoms with Crippen molar-refractivity contribution in [2.24, 2.45) is 0 Å². The zero-order valence-electron chi connectivity index (χ0n) is 11.4. The van der Waals surface area contributed by atoms with E-state index < -0.39 is 5.97 Å². The predicted octanol–water partition coefficient (Wildman–Crippen LogP) is 2.03. The molecule has 1 aromatic carbocycles. The number of benzene rings is 1. The molecule has 0 saturated heterocycles. The van der Waals surface area contributed by atoms with E-state index in [1.807, 2.05) is 24.3 Å². The highest BCUT2D eigenvalue weighted by Crippen LogP contribution is 2.14. The molecule has 106 valence electrons. The molecule has 6 heteroatoms. The number of aromatic nitrogens is 3. The Kier molecular flexibility index (Phi) is 3.27. The van der Waals surface area contributed by atoms with Crippen molar-refractivity contribution in [2.75, 3.05) is 7.11 Å². The van der Waals surface area contributed by atoms with Crippen molar-refractivity contribution in [3.05, 3.63) is 59.5 Å². The second-order valence-electron chi connectivity index (χ2n) is 4.54. The second kappa shape index (κ2) is 5.24. The highest BCUT2D eigenvalue weighted by Gasteiger charge is 2.12. The van der Waals surface area contributed by atoms with Crippen LogP contribution < -0.4 is 4.74 Å². The summed E-state index contributed by atoms with van der Waals surface area (Å²) in [6, 6.07) is 12.5. The summed E-state index contributed by atoms with van der Waals surface area (Å²) in [6.07, 6.45) is 0.532. The van der Waals surface area contributed by atoms with Crippen LogP contribution in [0.1, 0.15) is 21.9 Å². The highest BCUT2D eigenvalue weighted by atomic mass is 16.5. The van der Waals surface area contributed by atoms with Crippen LogP contribution >= 0.6 is 0 Å². The van der Waals surface area contributed by atoms with Crippen LogP contribution in [0.5, 0.6) is 5.75 Å². The summed E-state index contributed by atoms with van der Waals surface area (Å²) in [5.41, 5.74) is 1.66. The van der Waals surface area contributed by atoms with Crippen LogP contribution in [-0.2, 0) is 6.42 Å². The van der Waals surface area contributed by atoms with Gasteiger partial charge in [0.15, 0.2) is 17.2 Å². The first-order chi connectivity index (χ1) is 10.2. The van der Waals surface area contributed by atoms with Gasteiger partial charge in [-0.1, -0.05) is 18.2 Å². The van der Waals surface area contributed by atoms with Gasteiger partial charge in [-0.05, 0) is 29.8 Å². The minimum atomic E-state index is -1.03. The van der Waals surface area contributed by atoms with E-state index in [1.165, 1.54) is 10.6 Å². The maximum Gasteiger partial charge on any atom is 0.354 e. The third kappa shape index (κ3) is 2.55. The number of aromatic carboxylic acids is 1. The fraction of sp³-hybridized carbons (Fsp3) is 0.133. The maximum absolute atomic E-state index is 11.2. The minimum Gasteiger partial charge on any atom is -0.497 e. The molecule has 2 aromatic heterocycles. The van der Waals surface area contributed by atoms with Crippen LogP contribution in [0.15, 0.2) is 42.5 Å². The third-order valence-electron chi connectivity index (χ3n) is 3.14. The van der Waals surface area contributed by atoms with Gasteiger partial charge >= 0.3 is 5.97 Å². The average Bonchev–Trinajstić information content (AvgIpc) is 2.89. The summed E-state index contributed by atoms with van der Waals surface area (Å²) in [6.45, 7) is 0. The molecule has 0 unspecified atom stereocenters. The summed E-state index contributed by atoms with van der Waals surface area (Å²) in [5.74, 6) is 0.338. The molecular formula is C15H13N3O3. The van der Waals surface area contributed by atoms with Crippen molar-refractivity contribution in [3.63, 3.8) is 0 Å². The summed E-state index contributed by atoms with van der Waals surface area (Å²) in [7, 11) is 1.62. The number of hydrogen-bond donors (Lipinski definition) is 1. The number of carbonyl (C=O) groups is 1. The monoisotopic (exact) mass is 283 g/mol. The number of nitrogens with zero attached hydrogens (tertiary/aromatic N) is 3. The van der Waals surface area contributed by atoms with E-state index in [4.69, 9.17) is 9.84 Å². The molecule has 0 aliphatic rings. The van der Waals surface area contributed by atoms with Crippen molar-refractivity contribution in [2.45, 2.75) is 6.42 Å². The van der Waals surface area contributed by atoms with E-state index >= 15 is 0 Å². The highest BCUT2D eigenvalue weighted by molar-refractivity contribution is 5.86. The number of carboxylic acid groups (broad SMARTS) is 1. The Labute approximate surface area is 120 Å². The summed E-state index contributed by atoms with van der Waals surface area (Å²) >= 11 is 0. The van der Waals surface area contributed by atoms with Gasteiger partial charge in [-0.15, -0.1) is 0 Å². The Hall–Kier alpha value is -2.89. The van der Waals surface area contributed by atoms with Crippen LogP contribution in [0.25, 0.3) is 5.65 Å². The molecule has 0 spiro atoms. The molecular weight excluding hydrogens is 270 g/mol. The van der Waals surface area contributed by atoms with E-state index in [2.05, 4.69) is 10.1 Å². The molecule has 1 N–H and O–H groups in total. The van der Waals surface area contributed by atoms with Crippen LogP contribution in [0, 0.1) is 0 Å². The fourth-order valence-electron chi connectivity index (χ4n) is 2.11. The maximum atomic E-state index is 11.2. The summed E-state index contributed by atoms with van der Waals surface area (Å²) < 4.78 is 6.46. The molecule has 3 aromatic rings. The average molecular weight is 283 g/mol. The smallest absolute Gasteiger partial charge is 0.354 e. The van der Waals surface area contributed by atoms with Gasteiger partial charge in [-0.3, -0.25) is 0 Å². The lowest BCUT2D eigenvalue weighted by molar-refractivity contribution is 0.0687. The Morgan fingerprint density at radius 1 is 1.24 bits per heavy atom. The largest absolute Gasteiger partial charge is 0.497 e. The van der Waals surface area contributed by atoms with Crippen LogP contribution in [0.3, 0.4) is 0 Å². The van der Waals surface area contributed by atoms with Gasteiger partial charge in [-0.2, -0.15) is 5.10 Å². The van der Waals surface area contributed by atoms with Crippen LogP contribution in [0.2, 0.25) is 0 Å². The zero-order valence-corrected chi connectivity index (χ0v) is 11.4. The second-order valence-corrected chi connectivity index (χ2v) is 4.54. The van der Waals surface area contributed by atoms with Crippen molar-refractivity contribution in [3.8, 4) is 5.75 Å². The summed E-state index contributed by atoms with van der Waals surface area (Å²) in [5, 5.41) is 13.4. The lowest BCUT2D eigenvalue weighted by atomic mass is 10.1. The topological polar surface area (TPSA) is 76.7 Å². The van der Waals surface area contributed by atoms with E-state index in [0.29, 0.717) is 17.9 Å². The number of hydrogen-bond acceptors (Lipinski definition) is 4. The molecule has 0 bridgehead atoms. The van der Waals surface area contributed by atoms with Crippen molar-refractivity contribution in [1.82, 2.24) is 14.6 Å². The van der Waals surface area contributed by atoms with E-state index in [9.17, 15) is 4.79 Å². The minimum absolute atomic E-state index is 0.0981. The molecule has 0 aliphatic carbocycles. The van der Waals surface area contributed by atoms with Gasteiger partial charge in [0.25, 0.3) is 0 Å². The van der Waals surface area contributed by atoms with Gasteiger partial charge in [0.1, 0.15) is 5.75 Å². The lowest BCUT2D eigenvalue weighted by Crippen LogP contribution is -2.05. The number of carboxylic acids is 1. The van der Waals surface area contributed by atoms with Gasteiger partial charge < -0.3 is 9.84 Å². The Bertz CT molecular complexity index is 794. The molecule has 0 atom stereocenters. The lowest BCUT2D eigenvalue weighted by Gasteiger charge is -2.00. The molecule has 21 heavy (non-hydrogen) atoms. The van der Waals surface area contributed by atoms with Gasteiger partial charge in [-0.25, -0.2) is 14.3 Å². The van der Waals surface area contributed by atoms with Crippen molar-refractivity contribution >= 4 is 11.6 Å². The standard InChI is InChI=1S/C15H13N3O3/c1-21-11-7-5-10(6-8-11)9-13-16-14-4-2-3-12(15(19)20)18(14)17-13/h2-8H,9H2,1H3,(H,19,20). The molecule has 2 heterocycles. The Morgan fingerprint density at radius 2 is 2.00 bits per heavy atom. The third-order valence-corrected chi connectivity index (χ3v) is 3.14. The number of pyridine rings is 1. The molecule has 0 fully saturated rings. The van der Waals surface area contributed by atoms with Gasteiger partial charge in [0, 0.05) is 6.42 Å². The molecule has 6 nitrogen and oxygen atoms in total. The first-order valence-electron chi connectivity index (χ1n) is 6.38. The van der Waals surface area contributed by atoms with Crippen LogP contribution in [0.4, 0.5) is 0 Å². The van der Waals surface area contributed by atoms with Crippen LogP contribution in [-0.4, -0.2) is 32.8 Å². The quantitative estimate of drug-likeness (QED) is 0.792. The van der Waals surface area contributed by atoms with E-state index in [-0.39, 0.29) is 5.69 Å². The summed E-state index contributed by atoms with van der Waals surface area (Å²) in [4.78, 5) is 15.5. The first kappa shape index (κ1) is 13.1. The fourth-order valence-corrected chi connectivity index (χ4v) is 2.11. The molecule has 0 radical (unpaired) electrons. The number of ether oxygens (including phenoxy) is 1. The van der Waals surface area contributed by atoms with E-state index in [0.717, 1.165) is 11.3 Å².